The van der Waals surface area contributed by atoms with Gasteiger partial charge in [0.15, 0.2) is 11.5 Å². The lowest BCUT2D eigenvalue weighted by Crippen LogP contribution is -2.25. The number of aromatic hydroxyl groups is 2. The highest BCUT2D eigenvalue weighted by molar-refractivity contribution is 6.56. The van der Waals surface area contributed by atoms with Crippen LogP contribution in [-0.4, -0.2) is 21.8 Å². The first-order chi connectivity index (χ1) is 13.8. The van der Waals surface area contributed by atoms with Gasteiger partial charge in [0.2, 0.25) is 0 Å². The van der Waals surface area contributed by atoms with Crippen molar-refractivity contribution in [1.82, 2.24) is 0 Å². The molecule has 1 amide bonds. The summed E-state index contributed by atoms with van der Waals surface area (Å²) in [5.41, 5.74) is 0.307. The molecule has 3 aromatic carbocycles. The van der Waals surface area contributed by atoms with Crippen molar-refractivity contribution in [1.29, 1.82) is 0 Å². The molecule has 0 atom stereocenters. The minimum atomic E-state index is -4.52. The van der Waals surface area contributed by atoms with Gasteiger partial charge < -0.3 is 10.2 Å². The third kappa shape index (κ3) is 3.29. The number of rotatable bonds is 2. The van der Waals surface area contributed by atoms with Gasteiger partial charge in [-0.2, -0.15) is 13.2 Å². The van der Waals surface area contributed by atoms with Gasteiger partial charge in [0.25, 0.3) is 5.91 Å². The van der Waals surface area contributed by atoms with E-state index in [1.807, 2.05) is 0 Å². The largest absolute Gasteiger partial charge is 0.504 e. The van der Waals surface area contributed by atoms with E-state index >= 15 is 0 Å². The number of anilines is 2. The summed E-state index contributed by atoms with van der Waals surface area (Å²) in [6, 6.07) is 15.0. The molecule has 2 N–H and O–H groups in total. The Kier molecular flexibility index (Phi) is 4.26. The van der Waals surface area contributed by atoms with Crippen molar-refractivity contribution in [3.63, 3.8) is 0 Å². The standard InChI is InChI=1S/C21H13F3N2O3/c22-21(23,24)12-4-3-5-13(10-12)25-19-15-6-1-2-7-16(15)26(20(19)29)14-8-9-17(27)18(28)11-14/h1-11,27-28H. The van der Waals surface area contributed by atoms with Gasteiger partial charge in [-0.3, -0.25) is 9.69 Å². The van der Waals surface area contributed by atoms with Crippen molar-refractivity contribution in [2.75, 3.05) is 4.90 Å². The van der Waals surface area contributed by atoms with E-state index in [0.29, 0.717) is 11.3 Å². The molecule has 0 radical (unpaired) electrons. The van der Waals surface area contributed by atoms with Crippen LogP contribution in [0.1, 0.15) is 11.1 Å². The fraction of sp³-hybridized carbons (Fsp3) is 0.0476. The second-order valence-electron chi connectivity index (χ2n) is 6.34. The first-order valence-electron chi connectivity index (χ1n) is 8.47. The molecule has 3 aromatic rings. The molecule has 0 aromatic heterocycles. The topological polar surface area (TPSA) is 73.1 Å². The maximum Gasteiger partial charge on any atom is 0.416 e. The molecule has 0 bridgehead atoms. The number of benzene rings is 3. The summed E-state index contributed by atoms with van der Waals surface area (Å²) in [4.78, 5) is 18.5. The molecular weight excluding hydrogens is 385 g/mol. The Morgan fingerprint density at radius 3 is 2.34 bits per heavy atom. The number of hydrogen-bond donors (Lipinski definition) is 2. The van der Waals surface area contributed by atoms with E-state index in [2.05, 4.69) is 4.99 Å². The van der Waals surface area contributed by atoms with Gasteiger partial charge in [-0.05, 0) is 36.4 Å². The van der Waals surface area contributed by atoms with Crippen molar-refractivity contribution >= 4 is 28.7 Å². The highest BCUT2D eigenvalue weighted by atomic mass is 19.4. The molecule has 29 heavy (non-hydrogen) atoms. The fourth-order valence-electron chi connectivity index (χ4n) is 3.10. The molecule has 1 heterocycles. The lowest BCUT2D eigenvalue weighted by Gasteiger charge is -2.17. The summed E-state index contributed by atoms with van der Waals surface area (Å²) in [7, 11) is 0. The molecule has 8 heteroatoms. The zero-order chi connectivity index (χ0) is 20.8. The maximum absolute atomic E-state index is 13.1. The van der Waals surface area contributed by atoms with Gasteiger partial charge in [-0.15, -0.1) is 0 Å². The van der Waals surface area contributed by atoms with Gasteiger partial charge >= 0.3 is 6.18 Å². The van der Waals surface area contributed by atoms with E-state index in [9.17, 15) is 28.2 Å². The van der Waals surface area contributed by atoms with E-state index in [1.54, 1.807) is 24.3 Å². The van der Waals surface area contributed by atoms with E-state index in [1.165, 1.54) is 35.2 Å². The number of phenols is 2. The number of fused-ring (bicyclic) bond motifs is 1. The molecule has 1 aliphatic rings. The Morgan fingerprint density at radius 2 is 1.62 bits per heavy atom. The number of alkyl halides is 3. The predicted octanol–water partition coefficient (Wildman–Crippen LogP) is 4.92. The zero-order valence-electron chi connectivity index (χ0n) is 14.7. The minimum Gasteiger partial charge on any atom is -0.504 e. The number of phenolic OH excluding ortho intramolecular Hbond substituents is 2. The Morgan fingerprint density at radius 1 is 0.862 bits per heavy atom. The van der Waals surface area contributed by atoms with Crippen LogP contribution in [0.4, 0.5) is 30.2 Å². The number of amides is 1. The van der Waals surface area contributed by atoms with Gasteiger partial charge in [-0.25, -0.2) is 4.99 Å². The third-order valence-electron chi connectivity index (χ3n) is 4.44. The molecule has 1 aliphatic heterocycles. The first kappa shape index (κ1) is 18.5. The zero-order valence-corrected chi connectivity index (χ0v) is 14.7. The lowest BCUT2D eigenvalue weighted by molar-refractivity contribution is -0.137. The van der Waals surface area contributed by atoms with Gasteiger partial charge in [0.1, 0.15) is 5.71 Å². The number of carbonyl (C=O) groups is 1. The monoisotopic (exact) mass is 398 g/mol. The average Bonchev–Trinajstić information content (AvgIpc) is 2.96. The first-order valence-corrected chi connectivity index (χ1v) is 8.47. The second-order valence-corrected chi connectivity index (χ2v) is 6.34. The fourth-order valence-corrected chi connectivity index (χ4v) is 3.10. The van der Waals surface area contributed by atoms with Crippen LogP contribution in [0.25, 0.3) is 0 Å². The normalized spacial score (nSPS) is 15.1. The highest BCUT2D eigenvalue weighted by Gasteiger charge is 2.35. The molecule has 4 rings (SSSR count). The SMILES string of the molecule is O=C1C(=Nc2cccc(C(F)(F)F)c2)c2ccccc2N1c1ccc(O)c(O)c1. The molecule has 146 valence electrons. The highest BCUT2D eigenvalue weighted by Crippen LogP contribution is 2.40. The molecule has 0 saturated carbocycles. The van der Waals surface area contributed by atoms with E-state index in [4.69, 9.17) is 0 Å². The van der Waals surface area contributed by atoms with Crippen molar-refractivity contribution in [2.24, 2.45) is 4.99 Å². The lowest BCUT2D eigenvalue weighted by atomic mass is 10.1. The van der Waals surface area contributed by atoms with Crippen LogP contribution in [0.2, 0.25) is 0 Å². The Balaban J connectivity index is 1.83. The summed E-state index contributed by atoms with van der Waals surface area (Å²) in [5.74, 6) is -1.31. The number of halogens is 3. The van der Waals surface area contributed by atoms with Crippen molar-refractivity contribution < 1.29 is 28.2 Å². The van der Waals surface area contributed by atoms with E-state index in [-0.39, 0.29) is 22.8 Å². The summed E-state index contributed by atoms with van der Waals surface area (Å²) < 4.78 is 38.9. The summed E-state index contributed by atoms with van der Waals surface area (Å²) in [5, 5.41) is 19.3. The number of aliphatic imine (C=N–C) groups is 1. The maximum atomic E-state index is 13.1. The van der Waals surface area contributed by atoms with Crippen molar-refractivity contribution in [3.8, 4) is 11.5 Å². The van der Waals surface area contributed by atoms with E-state index in [0.717, 1.165) is 12.1 Å². The smallest absolute Gasteiger partial charge is 0.416 e. The van der Waals surface area contributed by atoms with Crippen molar-refractivity contribution in [3.05, 3.63) is 77.9 Å². The van der Waals surface area contributed by atoms with Crippen LogP contribution < -0.4 is 4.90 Å². The van der Waals surface area contributed by atoms with Crippen molar-refractivity contribution in [2.45, 2.75) is 6.18 Å². The summed E-state index contributed by atoms with van der Waals surface area (Å²) >= 11 is 0. The third-order valence-corrected chi connectivity index (χ3v) is 4.44. The molecule has 0 saturated heterocycles. The van der Waals surface area contributed by atoms with Crippen LogP contribution in [0, 0.1) is 0 Å². The van der Waals surface area contributed by atoms with E-state index < -0.39 is 23.4 Å². The molecular formula is C21H13F3N2O3. The van der Waals surface area contributed by atoms with Crippen LogP contribution >= 0.6 is 0 Å². The summed E-state index contributed by atoms with van der Waals surface area (Å²) in [6.45, 7) is 0. The quantitative estimate of drug-likeness (QED) is 0.602. The van der Waals surface area contributed by atoms with Crippen LogP contribution in [0.3, 0.4) is 0 Å². The molecule has 5 nitrogen and oxygen atoms in total. The van der Waals surface area contributed by atoms with Crippen LogP contribution in [0.5, 0.6) is 11.5 Å². The summed E-state index contributed by atoms with van der Waals surface area (Å²) in [6.07, 6.45) is -4.52. The second kappa shape index (κ2) is 6.66. The minimum absolute atomic E-state index is 0.00613. The van der Waals surface area contributed by atoms with Crippen LogP contribution in [0.15, 0.2) is 71.7 Å². The molecule has 0 spiro atoms. The molecule has 0 fully saturated rings. The number of para-hydroxylation sites is 1. The number of nitrogens with zero attached hydrogens (tertiary/aromatic N) is 2. The molecule has 0 unspecified atom stereocenters. The van der Waals surface area contributed by atoms with Crippen LogP contribution in [-0.2, 0) is 11.0 Å². The Bertz CT molecular complexity index is 1160. The Hall–Kier alpha value is -3.81. The average molecular weight is 398 g/mol. The Labute approximate surface area is 163 Å². The predicted molar refractivity (Wildman–Crippen MR) is 101 cm³/mol. The van der Waals surface area contributed by atoms with Gasteiger partial charge in [-0.1, -0.05) is 24.3 Å². The molecule has 0 aliphatic carbocycles. The number of hydrogen-bond acceptors (Lipinski definition) is 4. The van der Waals surface area contributed by atoms with Gasteiger partial charge in [0, 0.05) is 11.6 Å². The number of carbonyl (C=O) groups excluding carboxylic acids is 1. The van der Waals surface area contributed by atoms with Gasteiger partial charge in [0.05, 0.1) is 22.6 Å².